The molecule has 0 fully saturated rings. The number of benzene rings is 2. The molecule has 0 saturated carbocycles. The third-order valence-corrected chi connectivity index (χ3v) is 6.17. The highest BCUT2D eigenvalue weighted by Crippen LogP contribution is 2.29. The quantitative estimate of drug-likeness (QED) is 0.522. The summed E-state index contributed by atoms with van der Waals surface area (Å²) in [5, 5.41) is 5.68. The molecule has 0 radical (unpaired) electrons. The van der Waals surface area contributed by atoms with E-state index in [1.54, 1.807) is 23.6 Å². The minimum Gasteiger partial charge on any atom is -0.350 e. The smallest absolute Gasteiger partial charge is 0.273 e. The Bertz CT molecular complexity index is 1230. The number of aromatic nitrogens is 2. The van der Waals surface area contributed by atoms with Gasteiger partial charge in [-0.3, -0.25) is 14.4 Å². The molecule has 3 aromatic rings. The first-order chi connectivity index (χ1) is 16.8. The summed E-state index contributed by atoms with van der Waals surface area (Å²) in [6.07, 6.45) is 2.07. The molecular weight excluding hydrogens is 449 g/mol. The summed E-state index contributed by atoms with van der Waals surface area (Å²) < 4.78 is 14.7. The van der Waals surface area contributed by atoms with Crippen LogP contribution in [0.25, 0.3) is 0 Å². The second kappa shape index (κ2) is 10.1. The predicted molar refractivity (Wildman–Crippen MR) is 128 cm³/mol. The molecule has 1 aliphatic heterocycles. The van der Waals surface area contributed by atoms with Crippen molar-refractivity contribution >= 4 is 17.7 Å². The zero-order valence-electron chi connectivity index (χ0n) is 19.8. The third-order valence-electron chi connectivity index (χ3n) is 6.17. The molecule has 0 unspecified atom stereocenters. The van der Waals surface area contributed by atoms with Crippen molar-refractivity contribution in [1.29, 1.82) is 0 Å². The van der Waals surface area contributed by atoms with Gasteiger partial charge in [-0.2, -0.15) is 0 Å². The monoisotopic (exact) mass is 477 g/mol. The number of nitrogens with zero attached hydrogens (tertiary/aromatic N) is 3. The predicted octanol–water partition coefficient (Wildman–Crippen LogP) is 2.89. The number of hydrogen-bond donors (Lipinski definition) is 2. The number of rotatable bonds is 8. The standard InChI is InChI=1S/C26H28FN5O3/c1-3-13-32-24(34)22-21(23(33)28-14-19-9-11-20(27)12-10-19)30-17-31(22)16-26(32,2)25(35)29-15-18-7-5-4-6-8-18/h4-12,17H,3,13-16H2,1-2H3,(H,28,33)(H,29,35)/t26-/m1/s1. The lowest BCUT2D eigenvalue weighted by molar-refractivity contribution is -0.133. The molecule has 4 rings (SSSR count). The molecule has 0 aliphatic carbocycles. The van der Waals surface area contributed by atoms with Gasteiger partial charge in [0.25, 0.3) is 11.8 Å². The first kappa shape index (κ1) is 24.1. The Kier molecular flexibility index (Phi) is 6.95. The minimum atomic E-state index is -1.14. The Morgan fingerprint density at radius 3 is 2.37 bits per heavy atom. The Balaban J connectivity index is 1.54. The number of nitrogens with one attached hydrogen (secondary N) is 2. The van der Waals surface area contributed by atoms with Crippen LogP contribution in [0, 0.1) is 5.82 Å². The molecule has 0 saturated heterocycles. The summed E-state index contributed by atoms with van der Waals surface area (Å²) in [5.74, 6) is -1.56. The minimum absolute atomic E-state index is 0.00459. The number of carbonyl (C=O) groups is 3. The van der Waals surface area contributed by atoms with Crippen LogP contribution in [0.1, 0.15) is 52.4 Å². The first-order valence-electron chi connectivity index (χ1n) is 11.6. The molecule has 1 aliphatic rings. The molecule has 3 amide bonds. The van der Waals surface area contributed by atoms with E-state index >= 15 is 0 Å². The maximum Gasteiger partial charge on any atom is 0.273 e. The van der Waals surface area contributed by atoms with Crippen molar-refractivity contribution in [3.05, 3.63) is 89.3 Å². The van der Waals surface area contributed by atoms with Crippen LogP contribution in [0.2, 0.25) is 0 Å². The Hall–Kier alpha value is -4.01. The largest absolute Gasteiger partial charge is 0.350 e. The van der Waals surface area contributed by atoms with Crippen LogP contribution in [-0.4, -0.2) is 44.3 Å². The number of imidazole rings is 1. The van der Waals surface area contributed by atoms with Gasteiger partial charge < -0.3 is 20.1 Å². The lowest BCUT2D eigenvalue weighted by Crippen LogP contribution is -2.64. The Labute approximate surface area is 203 Å². The van der Waals surface area contributed by atoms with Gasteiger partial charge in [-0.15, -0.1) is 0 Å². The first-order valence-corrected chi connectivity index (χ1v) is 11.6. The Morgan fingerprint density at radius 2 is 1.69 bits per heavy atom. The van der Waals surface area contributed by atoms with Crippen molar-refractivity contribution in [2.45, 2.75) is 45.4 Å². The van der Waals surface area contributed by atoms with Crippen LogP contribution >= 0.6 is 0 Å². The lowest BCUT2D eigenvalue weighted by atomic mass is 9.94. The van der Waals surface area contributed by atoms with Crippen molar-refractivity contribution in [1.82, 2.24) is 25.1 Å². The fourth-order valence-corrected chi connectivity index (χ4v) is 4.26. The number of hydrogen-bond acceptors (Lipinski definition) is 4. The van der Waals surface area contributed by atoms with E-state index in [-0.39, 0.29) is 36.2 Å². The van der Waals surface area contributed by atoms with Gasteiger partial charge in [0.2, 0.25) is 5.91 Å². The van der Waals surface area contributed by atoms with Crippen LogP contribution < -0.4 is 10.6 Å². The van der Waals surface area contributed by atoms with E-state index in [0.29, 0.717) is 19.5 Å². The highest BCUT2D eigenvalue weighted by Gasteiger charge is 2.48. The van der Waals surface area contributed by atoms with E-state index in [1.165, 1.54) is 23.4 Å². The van der Waals surface area contributed by atoms with Gasteiger partial charge in [0.05, 0.1) is 12.9 Å². The topological polar surface area (TPSA) is 96.3 Å². The summed E-state index contributed by atoms with van der Waals surface area (Å²) in [6, 6.07) is 15.3. The van der Waals surface area contributed by atoms with Crippen LogP contribution in [0.3, 0.4) is 0 Å². The molecular formula is C26H28FN5O3. The van der Waals surface area contributed by atoms with Crippen molar-refractivity contribution in [3.63, 3.8) is 0 Å². The molecule has 9 heteroatoms. The van der Waals surface area contributed by atoms with Crippen LogP contribution in [-0.2, 0) is 24.4 Å². The third kappa shape index (κ3) is 4.94. The van der Waals surface area contributed by atoms with Gasteiger partial charge in [0.1, 0.15) is 17.1 Å². The van der Waals surface area contributed by atoms with Crippen molar-refractivity contribution in [2.75, 3.05) is 6.54 Å². The van der Waals surface area contributed by atoms with E-state index < -0.39 is 17.4 Å². The summed E-state index contributed by atoms with van der Waals surface area (Å²) in [7, 11) is 0. The molecule has 182 valence electrons. The van der Waals surface area contributed by atoms with Gasteiger partial charge >= 0.3 is 0 Å². The molecule has 8 nitrogen and oxygen atoms in total. The van der Waals surface area contributed by atoms with Crippen molar-refractivity contribution < 1.29 is 18.8 Å². The second-order valence-corrected chi connectivity index (χ2v) is 8.78. The average Bonchev–Trinajstić information content (AvgIpc) is 3.29. The average molecular weight is 478 g/mol. The van der Waals surface area contributed by atoms with E-state index in [2.05, 4.69) is 15.6 Å². The lowest BCUT2D eigenvalue weighted by Gasteiger charge is -2.43. The fraction of sp³-hybridized carbons (Fsp3) is 0.308. The van der Waals surface area contributed by atoms with E-state index in [9.17, 15) is 18.8 Å². The molecule has 1 aromatic heterocycles. The fourth-order valence-electron chi connectivity index (χ4n) is 4.26. The summed E-state index contributed by atoms with van der Waals surface area (Å²) in [5.41, 5.74) is 0.692. The molecule has 35 heavy (non-hydrogen) atoms. The molecule has 2 N–H and O–H groups in total. The molecule has 2 heterocycles. The van der Waals surface area contributed by atoms with E-state index in [0.717, 1.165) is 11.1 Å². The maximum atomic E-state index is 13.6. The van der Waals surface area contributed by atoms with Gasteiger partial charge in [-0.05, 0) is 36.6 Å². The van der Waals surface area contributed by atoms with Gasteiger partial charge in [0.15, 0.2) is 5.69 Å². The number of halogens is 1. The SMILES string of the molecule is CCCN1C(=O)c2c(C(=O)NCc3ccc(F)cc3)ncn2C[C@]1(C)C(=O)NCc1ccccc1. The highest BCUT2D eigenvalue weighted by molar-refractivity contribution is 6.07. The van der Waals surface area contributed by atoms with E-state index in [1.807, 2.05) is 37.3 Å². The molecule has 0 spiro atoms. The Morgan fingerprint density at radius 1 is 1.03 bits per heavy atom. The van der Waals surface area contributed by atoms with Crippen LogP contribution in [0.4, 0.5) is 4.39 Å². The summed E-state index contributed by atoms with van der Waals surface area (Å²) in [4.78, 5) is 45.5. The van der Waals surface area contributed by atoms with E-state index in [4.69, 9.17) is 0 Å². The van der Waals surface area contributed by atoms with Crippen molar-refractivity contribution in [3.8, 4) is 0 Å². The second-order valence-electron chi connectivity index (χ2n) is 8.78. The zero-order chi connectivity index (χ0) is 25.0. The van der Waals surface area contributed by atoms with Gasteiger partial charge in [0, 0.05) is 19.6 Å². The molecule has 2 aromatic carbocycles. The summed E-state index contributed by atoms with van der Waals surface area (Å²) in [6.45, 7) is 4.70. The zero-order valence-corrected chi connectivity index (χ0v) is 19.8. The maximum absolute atomic E-state index is 13.6. The normalized spacial score (nSPS) is 17.1. The highest BCUT2D eigenvalue weighted by atomic mass is 19.1. The number of amides is 3. The number of carbonyl (C=O) groups excluding carboxylic acids is 3. The molecule has 0 bridgehead atoms. The van der Waals surface area contributed by atoms with Crippen molar-refractivity contribution in [2.24, 2.45) is 0 Å². The van der Waals surface area contributed by atoms with Crippen LogP contribution in [0.15, 0.2) is 60.9 Å². The van der Waals surface area contributed by atoms with Gasteiger partial charge in [-0.25, -0.2) is 9.37 Å². The molecule has 1 atom stereocenters. The summed E-state index contributed by atoms with van der Waals surface area (Å²) >= 11 is 0. The number of fused-ring (bicyclic) bond motifs is 1. The van der Waals surface area contributed by atoms with Gasteiger partial charge in [-0.1, -0.05) is 49.4 Å². The van der Waals surface area contributed by atoms with Crippen LogP contribution in [0.5, 0.6) is 0 Å².